The number of guanidine groups is 1. The lowest BCUT2D eigenvalue weighted by atomic mass is 9.98. The summed E-state index contributed by atoms with van der Waals surface area (Å²) < 4.78 is 63.0. The Morgan fingerprint density at radius 1 is 1.32 bits per heavy atom. The third-order valence-electron chi connectivity index (χ3n) is 4.29. The molecule has 2 rings (SSSR count). The van der Waals surface area contributed by atoms with E-state index in [0.717, 1.165) is 0 Å². The number of sulfonamides is 1. The van der Waals surface area contributed by atoms with E-state index in [-0.39, 0.29) is 43.0 Å². The third kappa shape index (κ3) is 6.43. The molecule has 14 heteroatoms. The lowest BCUT2D eigenvalue weighted by Gasteiger charge is -2.31. The molecule has 1 aliphatic rings. The van der Waals surface area contributed by atoms with E-state index < -0.39 is 15.5 Å². The molecule has 0 aliphatic carbocycles. The van der Waals surface area contributed by atoms with Gasteiger partial charge < -0.3 is 15.2 Å². The summed E-state index contributed by atoms with van der Waals surface area (Å²) in [6.45, 7) is 3.10. The average molecular weight is 539 g/mol. The van der Waals surface area contributed by atoms with Crippen molar-refractivity contribution in [3.8, 4) is 0 Å². The van der Waals surface area contributed by atoms with Crippen molar-refractivity contribution in [3.63, 3.8) is 0 Å². The number of aliphatic imine (C=N–C) groups is 1. The second-order valence-corrected chi connectivity index (χ2v) is 8.16. The van der Waals surface area contributed by atoms with Crippen LogP contribution in [0.5, 0.6) is 0 Å². The number of piperidine rings is 1. The number of nitrogens with one attached hydrogen (secondary N) is 2. The largest absolute Gasteiger partial charge is 0.511 e. The molecular formula is C14H25F3IN7O2S. The zero-order chi connectivity index (χ0) is 20.1. The molecule has 1 fully saturated rings. The van der Waals surface area contributed by atoms with Crippen molar-refractivity contribution in [2.75, 3.05) is 26.2 Å². The minimum Gasteiger partial charge on any atom is -0.357 e. The summed E-state index contributed by atoms with van der Waals surface area (Å²) in [6, 6.07) is 0. The number of halogens is 4. The van der Waals surface area contributed by atoms with Gasteiger partial charge in [0.2, 0.25) is 0 Å². The maximum absolute atomic E-state index is 12.6. The summed E-state index contributed by atoms with van der Waals surface area (Å²) in [6.07, 6.45) is 2.28. The first-order chi connectivity index (χ1) is 12.6. The summed E-state index contributed by atoms with van der Waals surface area (Å²) >= 11 is 0. The Morgan fingerprint density at radius 2 is 1.96 bits per heavy atom. The van der Waals surface area contributed by atoms with E-state index in [4.69, 9.17) is 0 Å². The summed E-state index contributed by atoms with van der Waals surface area (Å²) in [5.74, 6) is 1.31. The SMILES string of the molecule is CCNC(=NCc1nncn1C)NCC1CCN(S(=O)(=O)C(F)(F)F)CC1.I. The highest BCUT2D eigenvalue weighted by Crippen LogP contribution is 2.30. The number of rotatable bonds is 6. The molecule has 0 amide bonds. The van der Waals surface area contributed by atoms with Gasteiger partial charge in [0.1, 0.15) is 12.9 Å². The van der Waals surface area contributed by atoms with Crippen molar-refractivity contribution in [3.05, 3.63) is 12.2 Å². The molecule has 0 radical (unpaired) electrons. The summed E-state index contributed by atoms with van der Waals surface area (Å²) in [5.41, 5.74) is -5.25. The van der Waals surface area contributed by atoms with Crippen molar-refractivity contribution in [1.29, 1.82) is 0 Å². The van der Waals surface area contributed by atoms with Crippen molar-refractivity contribution in [2.24, 2.45) is 18.0 Å². The zero-order valence-electron chi connectivity index (χ0n) is 15.6. The van der Waals surface area contributed by atoms with E-state index in [0.29, 0.717) is 48.6 Å². The molecule has 9 nitrogen and oxygen atoms in total. The van der Waals surface area contributed by atoms with Crippen LogP contribution < -0.4 is 10.6 Å². The Bertz CT molecular complexity index is 746. The lowest BCUT2D eigenvalue weighted by Crippen LogP contribution is -2.47. The highest BCUT2D eigenvalue weighted by molar-refractivity contribution is 14.0. The predicted octanol–water partition coefficient (Wildman–Crippen LogP) is 1.05. The third-order valence-corrected chi connectivity index (χ3v) is 5.92. The Hall–Kier alpha value is -1.16. The molecule has 2 heterocycles. The summed E-state index contributed by atoms with van der Waals surface area (Å²) in [4.78, 5) is 4.40. The number of hydrogen-bond acceptors (Lipinski definition) is 5. The van der Waals surface area contributed by atoms with Gasteiger partial charge in [-0.2, -0.15) is 17.5 Å². The molecule has 0 unspecified atom stereocenters. The predicted molar refractivity (Wildman–Crippen MR) is 109 cm³/mol. The normalized spacial score (nSPS) is 17.2. The fourth-order valence-electron chi connectivity index (χ4n) is 2.68. The highest BCUT2D eigenvalue weighted by atomic mass is 127. The molecule has 1 aromatic rings. The Balaban J connectivity index is 0.00000392. The van der Waals surface area contributed by atoms with Gasteiger partial charge in [0.15, 0.2) is 11.8 Å². The standard InChI is InChI=1S/C14H24F3N7O2S.HI/c1-3-18-13(20-9-12-22-21-10-23(12)2)19-8-11-4-6-24(7-5-11)27(25,26)14(15,16)17;/h10-11H,3-9H2,1-2H3,(H2,18,19,20);1H. The van der Waals surface area contributed by atoms with Crippen molar-refractivity contribution < 1.29 is 21.6 Å². The van der Waals surface area contributed by atoms with Crippen molar-refractivity contribution in [2.45, 2.75) is 31.8 Å². The van der Waals surface area contributed by atoms with Gasteiger partial charge in [-0.3, -0.25) is 0 Å². The highest BCUT2D eigenvalue weighted by Gasteiger charge is 2.50. The van der Waals surface area contributed by atoms with Crippen LogP contribution in [0.4, 0.5) is 13.2 Å². The molecule has 0 saturated carbocycles. The minimum absolute atomic E-state index is 0. The van der Waals surface area contributed by atoms with Gasteiger partial charge in [0.05, 0.1) is 0 Å². The van der Waals surface area contributed by atoms with Gasteiger partial charge >= 0.3 is 15.5 Å². The molecule has 162 valence electrons. The molecule has 0 bridgehead atoms. The maximum atomic E-state index is 12.6. The lowest BCUT2D eigenvalue weighted by molar-refractivity contribution is -0.0496. The van der Waals surface area contributed by atoms with Crippen LogP contribution in [-0.2, 0) is 23.6 Å². The van der Waals surface area contributed by atoms with E-state index >= 15 is 0 Å². The number of nitrogens with zero attached hydrogens (tertiary/aromatic N) is 5. The van der Waals surface area contributed by atoms with Crippen LogP contribution in [0.2, 0.25) is 0 Å². The number of alkyl halides is 3. The van der Waals surface area contributed by atoms with Crippen LogP contribution in [0.25, 0.3) is 0 Å². The van der Waals surface area contributed by atoms with Gasteiger partial charge in [0, 0.05) is 33.2 Å². The van der Waals surface area contributed by atoms with Crippen LogP contribution in [0, 0.1) is 5.92 Å². The summed E-state index contributed by atoms with van der Waals surface area (Å²) in [7, 11) is -3.43. The first-order valence-corrected chi connectivity index (χ1v) is 10.0. The topological polar surface area (TPSA) is 105 Å². The van der Waals surface area contributed by atoms with Crippen LogP contribution in [0.15, 0.2) is 11.3 Å². The molecule has 2 N–H and O–H groups in total. The second kappa shape index (κ2) is 10.6. The smallest absolute Gasteiger partial charge is 0.357 e. The number of aryl methyl sites for hydroxylation is 1. The molecule has 28 heavy (non-hydrogen) atoms. The van der Waals surface area contributed by atoms with Crippen LogP contribution >= 0.6 is 24.0 Å². The quantitative estimate of drug-likeness (QED) is 0.318. The van der Waals surface area contributed by atoms with E-state index in [1.165, 1.54) is 0 Å². The van der Waals surface area contributed by atoms with Crippen molar-refractivity contribution in [1.82, 2.24) is 29.7 Å². The first-order valence-electron chi connectivity index (χ1n) is 8.56. The fraction of sp³-hybridized carbons (Fsp3) is 0.786. The Labute approximate surface area is 179 Å². The molecule has 1 saturated heterocycles. The van der Waals surface area contributed by atoms with E-state index in [1.54, 1.807) is 10.9 Å². The monoisotopic (exact) mass is 539 g/mol. The molecule has 1 aromatic heterocycles. The Morgan fingerprint density at radius 3 is 2.46 bits per heavy atom. The molecule has 1 aliphatic heterocycles. The van der Waals surface area contributed by atoms with E-state index in [9.17, 15) is 21.6 Å². The van der Waals surface area contributed by atoms with Crippen LogP contribution in [0.3, 0.4) is 0 Å². The number of hydrogen-bond donors (Lipinski definition) is 2. The van der Waals surface area contributed by atoms with E-state index in [2.05, 4.69) is 25.8 Å². The average Bonchev–Trinajstić information content (AvgIpc) is 3.02. The van der Waals surface area contributed by atoms with Gasteiger partial charge in [0.25, 0.3) is 0 Å². The first kappa shape index (κ1) is 24.9. The Kier molecular flexibility index (Phi) is 9.39. The van der Waals surface area contributed by atoms with Gasteiger partial charge in [-0.1, -0.05) is 0 Å². The number of aromatic nitrogens is 3. The van der Waals surface area contributed by atoms with Gasteiger partial charge in [-0.25, -0.2) is 13.4 Å². The van der Waals surface area contributed by atoms with Gasteiger partial charge in [-0.05, 0) is 25.7 Å². The van der Waals surface area contributed by atoms with Gasteiger partial charge in [-0.15, -0.1) is 34.2 Å². The fourth-order valence-corrected chi connectivity index (χ4v) is 3.67. The molecule has 0 atom stereocenters. The molecule has 0 aromatic carbocycles. The summed E-state index contributed by atoms with van der Waals surface area (Å²) in [5, 5.41) is 14.0. The van der Waals surface area contributed by atoms with Crippen molar-refractivity contribution >= 4 is 40.0 Å². The maximum Gasteiger partial charge on any atom is 0.511 e. The van der Waals surface area contributed by atoms with E-state index in [1.807, 2.05) is 14.0 Å². The van der Waals surface area contributed by atoms with Crippen LogP contribution in [-0.4, -0.2) is 65.1 Å². The van der Waals surface area contributed by atoms with Crippen LogP contribution in [0.1, 0.15) is 25.6 Å². The zero-order valence-corrected chi connectivity index (χ0v) is 18.8. The molecule has 0 spiro atoms. The minimum atomic E-state index is -5.25. The molecular weight excluding hydrogens is 514 g/mol. The second-order valence-electron chi connectivity index (χ2n) is 6.23.